The third-order valence-electron chi connectivity index (χ3n) is 13.1. The lowest BCUT2D eigenvalue weighted by atomic mass is 9.49. The standard InChI is InChI=1S/C44H49N6O6P/c1-24-34(12-8-27(20-45)36(24)57)56-42-43(2,3)41(44(42,4)5)47-37(52)26-6-9-30(10-7-26)49-16-14-25(15-17-49)21-48-22-28-18-31-32(19-29(28)23-48)40(55)50(39(31)54)33-11-13-35(51)46-38(33)53/h6-10,12,18-19,25,33,41-42H,11,13-17,21-23,57H2,1-5H3,(H,47,52)(H,46,51,53)/t33?,41-,42-. The Morgan fingerprint density at radius 3 is 2.12 bits per heavy atom. The van der Waals surface area contributed by atoms with Crippen molar-refractivity contribution in [1.82, 2.24) is 20.4 Å². The maximum Gasteiger partial charge on any atom is 0.262 e. The fourth-order valence-electron chi connectivity index (χ4n) is 10.2. The quantitative estimate of drug-likeness (QED) is 0.246. The number of carbonyl (C=O) groups is 5. The summed E-state index contributed by atoms with van der Waals surface area (Å²) in [6.45, 7) is 14.6. The fraction of sp³-hybridized carbons (Fsp3) is 0.455. The first-order valence-electron chi connectivity index (χ1n) is 19.8. The number of hydrogen-bond acceptors (Lipinski definition) is 9. The van der Waals surface area contributed by atoms with Gasteiger partial charge in [0.1, 0.15) is 17.9 Å². The van der Waals surface area contributed by atoms with Crippen LogP contribution in [0.3, 0.4) is 0 Å². The highest BCUT2D eigenvalue weighted by molar-refractivity contribution is 7.27. The van der Waals surface area contributed by atoms with E-state index in [1.165, 1.54) is 0 Å². The van der Waals surface area contributed by atoms with E-state index < -0.39 is 23.8 Å². The number of amides is 5. The number of fused-ring (bicyclic) bond motifs is 2. The molecule has 0 aromatic heterocycles. The van der Waals surface area contributed by atoms with Gasteiger partial charge in [0.2, 0.25) is 11.8 Å². The van der Waals surface area contributed by atoms with Crippen LogP contribution in [0.5, 0.6) is 5.75 Å². The van der Waals surface area contributed by atoms with Crippen LogP contribution in [0, 0.1) is 35.0 Å². The number of carbonyl (C=O) groups excluding carboxylic acids is 5. The van der Waals surface area contributed by atoms with E-state index >= 15 is 0 Å². The van der Waals surface area contributed by atoms with Crippen molar-refractivity contribution in [2.24, 2.45) is 16.7 Å². The second-order valence-electron chi connectivity index (χ2n) is 17.6. The molecular formula is C44H49N6O6P. The van der Waals surface area contributed by atoms with E-state index in [0.29, 0.717) is 41.3 Å². The SMILES string of the molecule is Cc1c(O[C@H]2C(C)(C)[C@H](NC(=O)c3ccc(N4CCC(CN5Cc6cc7c(cc6C5)C(=O)N(C5CCC(=O)NC5=O)C7=O)CC4)cc3)C2(C)C)ccc(C#N)c1P. The normalized spacial score (nSPS) is 24.1. The van der Waals surface area contributed by atoms with Gasteiger partial charge in [-0.1, -0.05) is 27.7 Å². The molecule has 3 aromatic rings. The number of nitriles is 1. The molecule has 2 unspecified atom stereocenters. The van der Waals surface area contributed by atoms with Gasteiger partial charge in [0.25, 0.3) is 17.7 Å². The molecule has 1 saturated carbocycles. The molecule has 8 rings (SSSR count). The van der Waals surface area contributed by atoms with E-state index in [1.54, 1.807) is 6.07 Å². The average molecular weight is 789 g/mol. The number of nitrogens with one attached hydrogen (secondary N) is 2. The van der Waals surface area contributed by atoms with Gasteiger partial charge in [0.15, 0.2) is 0 Å². The van der Waals surface area contributed by atoms with Crippen molar-refractivity contribution in [3.05, 3.63) is 87.5 Å². The van der Waals surface area contributed by atoms with Crippen molar-refractivity contribution in [2.45, 2.75) is 91.6 Å². The number of benzene rings is 3. The molecule has 296 valence electrons. The first kappa shape index (κ1) is 38.7. The van der Waals surface area contributed by atoms with Crippen LogP contribution in [-0.2, 0) is 22.7 Å². The number of anilines is 1. The number of nitrogens with zero attached hydrogens (tertiary/aromatic N) is 4. The molecule has 5 aliphatic rings. The predicted molar refractivity (Wildman–Crippen MR) is 217 cm³/mol. The third kappa shape index (κ3) is 6.69. The van der Waals surface area contributed by atoms with E-state index in [1.807, 2.05) is 49.4 Å². The van der Waals surface area contributed by atoms with Crippen LogP contribution in [0.25, 0.3) is 0 Å². The van der Waals surface area contributed by atoms with Crippen molar-refractivity contribution in [2.75, 3.05) is 24.5 Å². The van der Waals surface area contributed by atoms with Gasteiger partial charge in [-0.25, -0.2) is 0 Å². The zero-order valence-corrected chi connectivity index (χ0v) is 34.3. The van der Waals surface area contributed by atoms with Crippen LogP contribution in [0.1, 0.15) is 107 Å². The number of hydrogen-bond donors (Lipinski definition) is 2. The van der Waals surface area contributed by atoms with Gasteiger partial charge in [-0.3, -0.25) is 39.1 Å². The Kier molecular flexibility index (Phi) is 9.77. The first-order chi connectivity index (χ1) is 27.1. The second-order valence-corrected chi connectivity index (χ2v) is 18.1. The number of piperidine rings is 2. The average Bonchev–Trinajstić information content (AvgIpc) is 3.69. The Morgan fingerprint density at radius 1 is 0.930 bits per heavy atom. The largest absolute Gasteiger partial charge is 0.489 e. The summed E-state index contributed by atoms with van der Waals surface area (Å²) in [5, 5.41) is 15.8. The Balaban J connectivity index is 0.825. The van der Waals surface area contributed by atoms with Crippen molar-refractivity contribution in [3.8, 4) is 11.8 Å². The first-order valence-corrected chi connectivity index (χ1v) is 20.4. The van der Waals surface area contributed by atoms with Gasteiger partial charge in [-0.05, 0) is 103 Å². The van der Waals surface area contributed by atoms with E-state index in [4.69, 9.17) is 4.74 Å². The van der Waals surface area contributed by atoms with Crippen LogP contribution in [0.4, 0.5) is 5.69 Å². The molecule has 2 atom stereocenters. The maximum atomic E-state index is 13.6. The zero-order valence-electron chi connectivity index (χ0n) is 33.1. The lowest BCUT2D eigenvalue weighted by Gasteiger charge is -2.63. The highest BCUT2D eigenvalue weighted by Crippen LogP contribution is 2.55. The van der Waals surface area contributed by atoms with E-state index in [-0.39, 0.29) is 47.6 Å². The van der Waals surface area contributed by atoms with Gasteiger partial charge in [0.05, 0.1) is 22.8 Å². The molecule has 13 heteroatoms. The zero-order chi connectivity index (χ0) is 40.6. The molecule has 0 spiro atoms. The summed E-state index contributed by atoms with van der Waals surface area (Å²) in [5.41, 5.74) is 5.32. The summed E-state index contributed by atoms with van der Waals surface area (Å²) >= 11 is 0. The minimum atomic E-state index is -0.965. The van der Waals surface area contributed by atoms with Gasteiger partial charge < -0.3 is 15.0 Å². The van der Waals surface area contributed by atoms with Crippen molar-refractivity contribution < 1.29 is 28.7 Å². The topological polar surface area (TPSA) is 152 Å². The molecule has 2 saturated heterocycles. The Hall–Kier alpha value is -5.11. The van der Waals surface area contributed by atoms with Gasteiger partial charge in [-0.15, -0.1) is 9.24 Å². The molecule has 5 amide bonds. The Morgan fingerprint density at radius 2 is 1.54 bits per heavy atom. The molecule has 0 radical (unpaired) electrons. The Labute approximate surface area is 335 Å². The van der Waals surface area contributed by atoms with Gasteiger partial charge >= 0.3 is 0 Å². The summed E-state index contributed by atoms with van der Waals surface area (Å²) in [5.74, 6) is -0.783. The summed E-state index contributed by atoms with van der Waals surface area (Å²) in [7, 11) is 2.65. The van der Waals surface area contributed by atoms with Gasteiger partial charge in [0, 0.05) is 67.3 Å². The van der Waals surface area contributed by atoms with E-state index in [9.17, 15) is 29.2 Å². The number of rotatable bonds is 8. The molecule has 0 bridgehead atoms. The fourth-order valence-corrected chi connectivity index (χ4v) is 10.5. The minimum Gasteiger partial charge on any atom is -0.489 e. The third-order valence-corrected chi connectivity index (χ3v) is 13.9. The summed E-state index contributed by atoms with van der Waals surface area (Å²) in [4.78, 5) is 70.1. The molecule has 3 fully saturated rings. The second kappa shape index (κ2) is 14.4. The molecule has 2 N–H and O–H groups in total. The maximum absolute atomic E-state index is 13.6. The molecule has 1 aliphatic carbocycles. The highest BCUT2D eigenvalue weighted by atomic mass is 31.0. The summed E-state index contributed by atoms with van der Waals surface area (Å²) < 4.78 is 6.58. The van der Waals surface area contributed by atoms with Crippen LogP contribution >= 0.6 is 9.24 Å². The molecule has 4 aliphatic heterocycles. The van der Waals surface area contributed by atoms with Crippen molar-refractivity contribution in [3.63, 3.8) is 0 Å². The van der Waals surface area contributed by atoms with Crippen molar-refractivity contribution >= 4 is 49.8 Å². The van der Waals surface area contributed by atoms with Crippen LogP contribution in [0.15, 0.2) is 48.5 Å². The van der Waals surface area contributed by atoms with E-state index in [2.05, 4.69) is 63.4 Å². The molecule has 3 aromatic carbocycles. The van der Waals surface area contributed by atoms with Crippen LogP contribution in [0.2, 0.25) is 0 Å². The lowest BCUT2D eigenvalue weighted by molar-refractivity contribution is -0.164. The van der Waals surface area contributed by atoms with E-state index in [0.717, 1.165) is 70.8 Å². The summed E-state index contributed by atoms with van der Waals surface area (Å²) in [6, 6.07) is 16.3. The molecular weight excluding hydrogens is 739 g/mol. The molecule has 57 heavy (non-hydrogen) atoms. The minimum absolute atomic E-state index is 0.0956. The highest BCUT2D eigenvalue weighted by Gasteiger charge is 2.64. The van der Waals surface area contributed by atoms with Crippen LogP contribution < -0.4 is 25.6 Å². The monoisotopic (exact) mass is 788 g/mol. The summed E-state index contributed by atoms with van der Waals surface area (Å²) in [6.07, 6.45) is 2.15. The smallest absolute Gasteiger partial charge is 0.262 e. The predicted octanol–water partition coefficient (Wildman–Crippen LogP) is 4.61. The lowest BCUT2D eigenvalue weighted by Crippen LogP contribution is -2.74. The van der Waals surface area contributed by atoms with Crippen molar-refractivity contribution in [1.29, 1.82) is 5.26 Å². The number of ether oxygens (including phenoxy) is 1. The number of imide groups is 2. The van der Waals surface area contributed by atoms with Gasteiger partial charge in [-0.2, -0.15) is 5.26 Å². The molecule has 4 heterocycles. The Bertz CT molecular complexity index is 2190. The molecule has 12 nitrogen and oxygen atoms in total. The van der Waals surface area contributed by atoms with Crippen LogP contribution in [-0.4, -0.2) is 77.2 Å².